The van der Waals surface area contributed by atoms with E-state index in [0.29, 0.717) is 27.6 Å². The number of hydrogen-bond donors (Lipinski definition) is 3. The largest absolute Gasteiger partial charge is 0.755 e. The van der Waals surface area contributed by atoms with Crippen molar-refractivity contribution in [1.82, 2.24) is 5.32 Å². The minimum atomic E-state index is -2.82. The van der Waals surface area contributed by atoms with Crippen LogP contribution in [0.15, 0.2) is 65.1 Å². The maximum absolute atomic E-state index is 13.0. The zero-order valence-corrected chi connectivity index (χ0v) is 20.2. The van der Waals surface area contributed by atoms with Crippen LogP contribution in [0.1, 0.15) is 19.4 Å². The number of halogens is 1. The number of nitrogens with one attached hydrogen (secondary N) is 2. The van der Waals surface area contributed by atoms with Gasteiger partial charge < -0.3 is 24.7 Å². The number of carboxylic acids is 1. The van der Waals surface area contributed by atoms with Gasteiger partial charge in [-0.1, -0.05) is 26.0 Å². The zero-order chi connectivity index (χ0) is 26.0. The van der Waals surface area contributed by atoms with Crippen molar-refractivity contribution in [2.75, 3.05) is 9.62 Å². The SMILES string of the molecule is CC(C)C(C(=O)O)N(c1ccc2oc3cc(NC(=O)NCc4ccc(F)cc4)ccc3c2c1)S(=O)[O-]. The van der Waals surface area contributed by atoms with Gasteiger partial charge >= 0.3 is 12.0 Å². The molecule has 2 atom stereocenters. The fraction of sp³-hybridized carbons (Fsp3) is 0.200. The quantitative estimate of drug-likeness (QED) is 0.292. The average molecular weight is 513 g/mol. The van der Waals surface area contributed by atoms with Crippen LogP contribution in [0.3, 0.4) is 0 Å². The number of furan rings is 1. The first-order chi connectivity index (χ1) is 17.1. The second-order valence-electron chi connectivity index (χ2n) is 8.50. The number of benzene rings is 3. The van der Waals surface area contributed by atoms with E-state index in [1.54, 1.807) is 56.3 Å². The molecule has 0 fully saturated rings. The smallest absolute Gasteiger partial charge is 0.327 e. The molecule has 2 unspecified atom stereocenters. The third kappa shape index (κ3) is 5.31. The first kappa shape index (κ1) is 25.1. The molecule has 3 aromatic carbocycles. The Labute approximate surface area is 208 Å². The molecule has 3 N–H and O–H groups in total. The van der Waals surface area contributed by atoms with Gasteiger partial charge in [0.2, 0.25) is 0 Å². The molecule has 0 aliphatic heterocycles. The van der Waals surface area contributed by atoms with Gasteiger partial charge in [-0.2, -0.15) is 0 Å². The van der Waals surface area contributed by atoms with E-state index < -0.39 is 35.2 Å². The van der Waals surface area contributed by atoms with E-state index in [-0.39, 0.29) is 18.0 Å². The molecule has 0 radical (unpaired) electrons. The van der Waals surface area contributed by atoms with Gasteiger partial charge in [0.25, 0.3) is 0 Å². The maximum Gasteiger partial charge on any atom is 0.327 e. The van der Waals surface area contributed by atoms with E-state index in [1.165, 1.54) is 18.2 Å². The standard InChI is InChI=1S/C25H24FN3O6S/c1-14(2)23(24(30)31)29(36(33)34)18-8-10-21-20(12-18)19-9-7-17(11-22(19)35-21)28-25(32)27-13-15-3-5-16(26)6-4-15/h3-12,14,23H,13H2,1-2H3,(H,30,31)(H,33,34)(H2,27,28,32)/p-1. The van der Waals surface area contributed by atoms with Crippen molar-refractivity contribution in [3.05, 3.63) is 72.0 Å². The Hall–Kier alpha value is -3.96. The van der Waals surface area contributed by atoms with Crippen molar-refractivity contribution >= 4 is 56.6 Å². The number of fused-ring (bicyclic) bond motifs is 3. The van der Waals surface area contributed by atoms with Crippen molar-refractivity contribution in [2.24, 2.45) is 5.92 Å². The molecule has 1 aromatic heterocycles. The van der Waals surface area contributed by atoms with Gasteiger partial charge in [-0.3, -0.25) is 8.51 Å². The lowest BCUT2D eigenvalue weighted by molar-refractivity contribution is -0.139. The second kappa shape index (κ2) is 10.3. The lowest BCUT2D eigenvalue weighted by atomic mass is 10.0. The van der Waals surface area contributed by atoms with E-state index in [9.17, 15) is 27.8 Å². The summed E-state index contributed by atoms with van der Waals surface area (Å²) in [4.78, 5) is 24.0. The molecule has 4 aromatic rings. The van der Waals surface area contributed by atoms with Crippen LogP contribution in [0.2, 0.25) is 0 Å². The highest BCUT2D eigenvalue weighted by Crippen LogP contribution is 2.34. The van der Waals surface area contributed by atoms with Crippen molar-refractivity contribution in [3.63, 3.8) is 0 Å². The third-order valence-electron chi connectivity index (χ3n) is 5.63. The number of hydrogen-bond acceptors (Lipinski definition) is 5. The van der Waals surface area contributed by atoms with Gasteiger partial charge in [-0.25, -0.2) is 14.0 Å². The van der Waals surface area contributed by atoms with Crippen LogP contribution in [0.25, 0.3) is 21.9 Å². The number of rotatable bonds is 8. The summed E-state index contributed by atoms with van der Waals surface area (Å²) in [6.07, 6.45) is 0. The number of nitrogens with zero attached hydrogens (tertiary/aromatic N) is 1. The van der Waals surface area contributed by atoms with Crippen LogP contribution in [0.5, 0.6) is 0 Å². The third-order valence-corrected chi connectivity index (χ3v) is 6.39. The van der Waals surface area contributed by atoms with Crippen LogP contribution < -0.4 is 14.9 Å². The van der Waals surface area contributed by atoms with Crippen molar-refractivity contribution in [1.29, 1.82) is 0 Å². The molecule has 4 rings (SSSR count). The second-order valence-corrected chi connectivity index (χ2v) is 9.33. The number of amides is 2. The number of urea groups is 1. The summed E-state index contributed by atoms with van der Waals surface area (Å²) in [5, 5.41) is 16.2. The zero-order valence-electron chi connectivity index (χ0n) is 19.4. The van der Waals surface area contributed by atoms with Gasteiger partial charge in [-0.15, -0.1) is 0 Å². The fourth-order valence-electron chi connectivity index (χ4n) is 3.94. The molecule has 11 heteroatoms. The predicted octanol–water partition coefficient (Wildman–Crippen LogP) is 4.76. The molecule has 9 nitrogen and oxygen atoms in total. The lowest BCUT2D eigenvalue weighted by Gasteiger charge is -2.34. The molecule has 0 aliphatic carbocycles. The minimum Gasteiger partial charge on any atom is -0.755 e. The van der Waals surface area contributed by atoms with Gasteiger partial charge in [0.15, 0.2) is 0 Å². The highest BCUT2D eigenvalue weighted by atomic mass is 32.2. The highest BCUT2D eigenvalue weighted by Gasteiger charge is 2.30. The highest BCUT2D eigenvalue weighted by molar-refractivity contribution is 7.80. The van der Waals surface area contributed by atoms with E-state index >= 15 is 0 Å². The van der Waals surface area contributed by atoms with E-state index in [4.69, 9.17) is 4.42 Å². The minimum absolute atomic E-state index is 0.196. The summed E-state index contributed by atoms with van der Waals surface area (Å²) in [6.45, 7) is 3.48. The van der Waals surface area contributed by atoms with Gasteiger partial charge in [0.1, 0.15) is 23.0 Å². The number of anilines is 2. The number of carboxylic acid groups (broad SMARTS) is 1. The van der Waals surface area contributed by atoms with Crippen molar-refractivity contribution in [3.8, 4) is 0 Å². The molecule has 1 heterocycles. The molecule has 0 saturated heterocycles. The Morgan fingerprint density at radius 1 is 1.06 bits per heavy atom. The molecule has 0 aliphatic rings. The van der Waals surface area contributed by atoms with Crippen LogP contribution in [0.4, 0.5) is 20.6 Å². The van der Waals surface area contributed by atoms with Crippen molar-refractivity contribution < 1.29 is 32.3 Å². The van der Waals surface area contributed by atoms with Crippen LogP contribution in [0, 0.1) is 11.7 Å². The molecule has 0 spiro atoms. The first-order valence-electron chi connectivity index (χ1n) is 11.0. The van der Waals surface area contributed by atoms with Crippen molar-refractivity contribution in [2.45, 2.75) is 26.4 Å². The topological polar surface area (TPSA) is 135 Å². The Bertz CT molecular complexity index is 1450. The molecule has 2 amide bonds. The summed E-state index contributed by atoms with van der Waals surface area (Å²) in [6, 6.07) is 13.7. The van der Waals surface area contributed by atoms with E-state index in [2.05, 4.69) is 10.6 Å². The summed E-state index contributed by atoms with van der Waals surface area (Å²) in [5.41, 5.74) is 2.32. The normalized spacial score (nSPS) is 13.0. The number of aliphatic carboxylic acids is 1. The maximum atomic E-state index is 13.0. The Kier molecular flexibility index (Phi) is 7.22. The molecule has 0 saturated carbocycles. The van der Waals surface area contributed by atoms with Crippen LogP contribution >= 0.6 is 0 Å². The molecular weight excluding hydrogens is 489 g/mol. The number of carbonyl (C=O) groups is 2. The van der Waals surface area contributed by atoms with E-state index in [0.717, 1.165) is 9.87 Å². The molecular formula is C25H23FN3O6S-. The van der Waals surface area contributed by atoms with Gasteiger partial charge in [-0.05, 0) is 53.9 Å². The predicted molar refractivity (Wildman–Crippen MR) is 134 cm³/mol. The van der Waals surface area contributed by atoms with Crippen LogP contribution in [-0.4, -0.2) is 31.9 Å². The first-order valence-corrected chi connectivity index (χ1v) is 12.0. The molecule has 188 valence electrons. The summed E-state index contributed by atoms with van der Waals surface area (Å²) in [7, 11) is 0. The molecule has 36 heavy (non-hydrogen) atoms. The monoisotopic (exact) mass is 512 g/mol. The summed E-state index contributed by atoms with van der Waals surface area (Å²) < 4.78 is 43.7. The Morgan fingerprint density at radius 2 is 1.78 bits per heavy atom. The fourth-order valence-corrected chi connectivity index (χ4v) is 4.74. The van der Waals surface area contributed by atoms with Gasteiger partial charge in [0, 0.05) is 40.3 Å². The van der Waals surface area contributed by atoms with E-state index in [1.807, 2.05) is 0 Å². The summed E-state index contributed by atoms with van der Waals surface area (Å²) >= 11 is -2.82. The van der Waals surface area contributed by atoms with Gasteiger partial charge in [0.05, 0.1) is 5.69 Å². The average Bonchev–Trinajstić information content (AvgIpc) is 3.18. The Morgan fingerprint density at radius 3 is 2.42 bits per heavy atom. The Balaban J connectivity index is 1.57. The lowest BCUT2D eigenvalue weighted by Crippen LogP contribution is -2.45. The van der Waals surface area contributed by atoms with Crippen LogP contribution in [-0.2, 0) is 22.6 Å². The number of carbonyl (C=O) groups excluding carboxylic acids is 1. The summed E-state index contributed by atoms with van der Waals surface area (Å²) in [5.74, 6) is -2.08. The molecule has 0 bridgehead atoms.